The highest BCUT2D eigenvalue weighted by atomic mass is 16.5. The lowest BCUT2D eigenvalue weighted by molar-refractivity contribution is 0.0953. The van der Waals surface area contributed by atoms with Crippen molar-refractivity contribution in [1.29, 1.82) is 0 Å². The zero-order valence-corrected chi connectivity index (χ0v) is 20.4. The number of nitrogens with zero attached hydrogens (tertiary/aromatic N) is 1. The summed E-state index contributed by atoms with van der Waals surface area (Å²) < 4.78 is 11.6. The molecule has 182 valence electrons. The summed E-state index contributed by atoms with van der Waals surface area (Å²) in [5, 5.41) is 7.29. The van der Waals surface area contributed by atoms with Crippen LogP contribution in [0.1, 0.15) is 76.0 Å². The van der Waals surface area contributed by atoms with E-state index >= 15 is 0 Å². The number of aryl methyl sites for hydroxylation is 2. The smallest absolute Gasteiger partial charge is 0.291 e. The van der Waals surface area contributed by atoms with Crippen molar-refractivity contribution in [1.82, 2.24) is 5.43 Å². The Labute approximate surface area is 205 Å². The maximum absolute atomic E-state index is 13.0. The number of anilines is 1. The standard InChI is InChI=1S/C28H31N3O4/c1-4-5-17-34-22-15-13-21(14-16-22)29-28(33)26-19(3)25-23(7-6-8-24(25)35-26)30-31-27(32)20-11-9-18(2)10-12-20/h9-16H,4-8,17H2,1-3H3,(H,29,33)(H,31,32)/b30-23+. The Morgan fingerprint density at radius 2 is 1.74 bits per heavy atom. The molecule has 1 aromatic heterocycles. The van der Waals surface area contributed by atoms with Crippen LogP contribution in [-0.2, 0) is 6.42 Å². The number of rotatable bonds is 8. The van der Waals surface area contributed by atoms with Crippen LogP contribution in [-0.4, -0.2) is 24.1 Å². The van der Waals surface area contributed by atoms with Crippen LogP contribution in [0.3, 0.4) is 0 Å². The number of carbonyl (C=O) groups excluding carboxylic acids is 2. The van der Waals surface area contributed by atoms with E-state index in [9.17, 15) is 9.59 Å². The number of unbranched alkanes of at least 4 members (excludes halogenated alkanes) is 1. The van der Waals surface area contributed by atoms with E-state index in [0.29, 0.717) is 24.3 Å². The van der Waals surface area contributed by atoms with Gasteiger partial charge in [-0.15, -0.1) is 0 Å². The van der Waals surface area contributed by atoms with Gasteiger partial charge in [0.15, 0.2) is 5.76 Å². The van der Waals surface area contributed by atoms with Gasteiger partial charge in [-0.25, -0.2) is 5.43 Å². The van der Waals surface area contributed by atoms with Crippen molar-refractivity contribution >= 4 is 23.2 Å². The minimum atomic E-state index is -0.320. The van der Waals surface area contributed by atoms with Crippen LogP contribution in [0.25, 0.3) is 0 Å². The second-order valence-electron chi connectivity index (χ2n) is 8.75. The number of furan rings is 1. The monoisotopic (exact) mass is 473 g/mol. The third-order valence-electron chi connectivity index (χ3n) is 6.02. The van der Waals surface area contributed by atoms with E-state index in [0.717, 1.165) is 59.6 Å². The van der Waals surface area contributed by atoms with Crippen LogP contribution < -0.4 is 15.5 Å². The lowest BCUT2D eigenvalue weighted by Crippen LogP contribution is -2.22. The highest BCUT2D eigenvalue weighted by Crippen LogP contribution is 2.30. The number of hydrogen-bond donors (Lipinski definition) is 2. The average molecular weight is 474 g/mol. The minimum Gasteiger partial charge on any atom is -0.494 e. The molecule has 0 unspecified atom stereocenters. The topological polar surface area (TPSA) is 92.9 Å². The zero-order chi connectivity index (χ0) is 24.8. The van der Waals surface area contributed by atoms with Crippen molar-refractivity contribution in [3.05, 3.63) is 82.3 Å². The van der Waals surface area contributed by atoms with Crippen molar-refractivity contribution in [2.45, 2.75) is 52.9 Å². The molecule has 0 atom stereocenters. The number of hydrazone groups is 1. The van der Waals surface area contributed by atoms with Gasteiger partial charge in [0.2, 0.25) is 0 Å². The minimum absolute atomic E-state index is 0.262. The Morgan fingerprint density at radius 3 is 2.46 bits per heavy atom. The van der Waals surface area contributed by atoms with Gasteiger partial charge in [0.25, 0.3) is 11.8 Å². The number of fused-ring (bicyclic) bond motifs is 1. The predicted molar refractivity (Wildman–Crippen MR) is 136 cm³/mol. The summed E-state index contributed by atoms with van der Waals surface area (Å²) in [7, 11) is 0. The molecule has 1 aliphatic rings. The summed E-state index contributed by atoms with van der Waals surface area (Å²) in [4.78, 5) is 25.5. The Morgan fingerprint density at radius 1 is 1.00 bits per heavy atom. The first-order valence-electron chi connectivity index (χ1n) is 12.1. The molecular weight excluding hydrogens is 442 g/mol. The maximum atomic E-state index is 13.0. The van der Waals surface area contributed by atoms with Crippen LogP contribution in [0.4, 0.5) is 5.69 Å². The number of ether oxygens (including phenoxy) is 1. The van der Waals surface area contributed by atoms with E-state index in [2.05, 4.69) is 22.8 Å². The second-order valence-corrected chi connectivity index (χ2v) is 8.75. The summed E-state index contributed by atoms with van der Waals surface area (Å²) in [6.45, 7) is 6.62. The second kappa shape index (κ2) is 11.0. The quantitative estimate of drug-likeness (QED) is 0.319. The van der Waals surface area contributed by atoms with Crippen molar-refractivity contribution in [2.24, 2.45) is 5.10 Å². The molecule has 2 N–H and O–H groups in total. The van der Waals surface area contributed by atoms with E-state index in [1.165, 1.54) is 0 Å². The summed E-state index contributed by atoms with van der Waals surface area (Å²) in [5.74, 6) is 1.17. The average Bonchev–Trinajstić information content (AvgIpc) is 3.21. The number of amides is 2. The fraction of sp³-hybridized carbons (Fsp3) is 0.321. The summed E-state index contributed by atoms with van der Waals surface area (Å²) in [6, 6.07) is 14.6. The third kappa shape index (κ3) is 5.80. The zero-order valence-electron chi connectivity index (χ0n) is 20.4. The molecule has 35 heavy (non-hydrogen) atoms. The van der Waals surface area contributed by atoms with Crippen molar-refractivity contribution in [3.63, 3.8) is 0 Å². The van der Waals surface area contributed by atoms with Gasteiger partial charge in [0, 0.05) is 28.8 Å². The molecular formula is C28H31N3O4. The molecule has 0 bridgehead atoms. The largest absolute Gasteiger partial charge is 0.494 e. The molecule has 0 spiro atoms. The highest BCUT2D eigenvalue weighted by molar-refractivity contribution is 6.09. The number of hydrogen-bond acceptors (Lipinski definition) is 5. The normalized spacial score (nSPS) is 13.9. The number of nitrogens with one attached hydrogen (secondary N) is 2. The van der Waals surface area contributed by atoms with Gasteiger partial charge in [-0.1, -0.05) is 31.0 Å². The third-order valence-corrected chi connectivity index (χ3v) is 6.02. The van der Waals surface area contributed by atoms with Gasteiger partial charge in [0.05, 0.1) is 12.3 Å². The Bertz CT molecular complexity index is 1220. The lowest BCUT2D eigenvalue weighted by atomic mass is 9.93. The van der Waals surface area contributed by atoms with E-state index in [-0.39, 0.29) is 17.6 Å². The maximum Gasteiger partial charge on any atom is 0.291 e. The van der Waals surface area contributed by atoms with E-state index in [1.54, 1.807) is 12.1 Å². The van der Waals surface area contributed by atoms with Crippen molar-refractivity contribution in [2.75, 3.05) is 11.9 Å². The van der Waals surface area contributed by atoms with Crippen LogP contribution >= 0.6 is 0 Å². The fourth-order valence-corrected chi connectivity index (χ4v) is 4.04. The predicted octanol–water partition coefficient (Wildman–Crippen LogP) is 5.80. The Hall–Kier alpha value is -3.87. The molecule has 1 heterocycles. The molecule has 3 aromatic rings. The van der Waals surface area contributed by atoms with E-state index in [1.807, 2.05) is 50.2 Å². The molecule has 4 rings (SSSR count). The van der Waals surface area contributed by atoms with Crippen LogP contribution in [0, 0.1) is 13.8 Å². The van der Waals surface area contributed by atoms with Gasteiger partial charge in [0.1, 0.15) is 11.5 Å². The van der Waals surface area contributed by atoms with Gasteiger partial charge < -0.3 is 14.5 Å². The van der Waals surface area contributed by atoms with E-state index < -0.39 is 0 Å². The Kier molecular flexibility index (Phi) is 7.65. The first kappa shape index (κ1) is 24.3. The van der Waals surface area contributed by atoms with Gasteiger partial charge >= 0.3 is 0 Å². The van der Waals surface area contributed by atoms with Crippen LogP contribution in [0.15, 0.2) is 58.0 Å². The molecule has 0 saturated carbocycles. The lowest BCUT2D eigenvalue weighted by Gasteiger charge is -2.13. The SMILES string of the molecule is CCCCOc1ccc(NC(=O)c2oc3c(c2C)/C(=N/NC(=O)c2ccc(C)cc2)CCC3)cc1. The van der Waals surface area contributed by atoms with Gasteiger partial charge in [-0.05, 0) is 69.5 Å². The van der Waals surface area contributed by atoms with Crippen molar-refractivity contribution < 1.29 is 18.7 Å². The molecule has 0 fully saturated rings. The van der Waals surface area contributed by atoms with E-state index in [4.69, 9.17) is 9.15 Å². The summed E-state index contributed by atoms with van der Waals surface area (Å²) >= 11 is 0. The molecule has 0 saturated heterocycles. The fourth-order valence-electron chi connectivity index (χ4n) is 4.04. The summed E-state index contributed by atoms with van der Waals surface area (Å²) in [6.07, 6.45) is 4.33. The van der Waals surface area contributed by atoms with Crippen LogP contribution in [0.5, 0.6) is 5.75 Å². The number of carbonyl (C=O) groups is 2. The number of benzene rings is 2. The Balaban J connectivity index is 1.46. The molecule has 0 radical (unpaired) electrons. The molecule has 1 aliphatic carbocycles. The first-order chi connectivity index (χ1) is 17.0. The highest BCUT2D eigenvalue weighted by Gasteiger charge is 2.28. The summed E-state index contributed by atoms with van der Waals surface area (Å²) in [5.41, 5.74) is 7.19. The molecule has 7 heteroatoms. The van der Waals surface area contributed by atoms with Gasteiger partial charge in [-0.2, -0.15) is 5.10 Å². The molecule has 7 nitrogen and oxygen atoms in total. The van der Waals surface area contributed by atoms with Crippen molar-refractivity contribution in [3.8, 4) is 5.75 Å². The molecule has 2 aromatic carbocycles. The molecule has 2 amide bonds. The van der Waals surface area contributed by atoms with Crippen LogP contribution in [0.2, 0.25) is 0 Å². The van der Waals surface area contributed by atoms with Gasteiger partial charge in [-0.3, -0.25) is 9.59 Å². The molecule has 0 aliphatic heterocycles. The first-order valence-corrected chi connectivity index (χ1v) is 12.1.